The first-order valence-electron chi connectivity index (χ1n) is 6.16. The summed E-state index contributed by atoms with van der Waals surface area (Å²) in [6.45, 7) is 4.84. The quantitative estimate of drug-likeness (QED) is 0.782. The Labute approximate surface area is 112 Å². The minimum Gasteiger partial charge on any atom is -0.461 e. The van der Waals surface area contributed by atoms with Gasteiger partial charge in [-0.3, -0.25) is 4.79 Å². The molecule has 0 aromatic heterocycles. The lowest BCUT2D eigenvalue weighted by Gasteiger charge is -2.21. The fourth-order valence-corrected chi connectivity index (χ4v) is 1.50. The lowest BCUT2D eigenvalue weighted by atomic mass is 10.1. The Morgan fingerprint density at radius 2 is 1.74 bits per heavy atom. The first kappa shape index (κ1) is 15.2. The van der Waals surface area contributed by atoms with Crippen LogP contribution < -0.4 is 5.32 Å². The van der Waals surface area contributed by atoms with Gasteiger partial charge in [0.25, 0.3) is 5.91 Å². The van der Waals surface area contributed by atoms with Crippen LogP contribution in [0.15, 0.2) is 30.3 Å². The van der Waals surface area contributed by atoms with E-state index in [2.05, 4.69) is 5.32 Å². The first-order chi connectivity index (χ1) is 8.91. The number of esters is 1. The molecule has 0 aliphatic heterocycles. The van der Waals surface area contributed by atoms with E-state index in [1.165, 1.54) is 6.92 Å². The largest absolute Gasteiger partial charge is 0.461 e. The Balaban J connectivity index is 2.74. The minimum atomic E-state index is -1.07. The van der Waals surface area contributed by atoms with Crippen LogP contribution in [0.3, 0.4) is 0 Å². The van der Waals surface area contributed by atoms with Crippen LogP contribution in [0.5, 0.6) is 0 Å². The van der Waals surface area contributed by atoms with Gasteiger partial charge in [0, 0.05) is 5.56 Å². The highest BCUT2D eigenvalue weighted by Gasteiger charge is 2.28. The number of ether oxygens (including phenoxy) is 1. The van der Waals surface area contributed by atoms with Gasteiger partial charge in [-0.05, 0) is 32.9 Å². The molecule has 0 heterocycles. The van der Waals surface area contributed by atoms with Crippen molar-refractivity contribution in [1.29, 1.82) is 0 Å². The Kier molecular flexibility index (Phi) is 5.51. The van der Waals surface area contributed by atoms with Gasteiger partial charge in [0.2, 0.25) is 0 Å². The zero-order chi connectivity index (χ0) is 14.4. The molecule has 0 saturated heterocycles. The first-order valence-corrected chi connectivity index (χ1v) is 6.16. The average molecular weight is 265 g/mol. The van der Waals surface area contributed by atoms with E-state index in [0.717, 1.165) is 0 Å². The SMILES string of the molecule is CC(C)OC(=O)C(NC(=O)c1ccccc1)C(C)O. The molecular formula is C14H19NO4. The van der Waals surface area contributed by atoms with Crippen LogP contribution in [-0.4, -0.2) is 35.2 Å². The topological polar surface area (TPSA) is 75.6 Å². The minimum absolute atomic E-state index is 0.303. The van der Waals surface area contributed by atoms with Crippen LogP contribution in [0.1, 0.15) is 31.1 Å². The second-order valence-corrected chi connectivity index (χ2v) is 4.54. The van der Waals surface area contributed by atoms with E-state index < -0.39 is 24.0 Å². The van der Waals surface area contributed by atoms with E-state index in [-0.39, 0.29) is 6.10 Å². The maximum Gasteiger partial charge on any atom is 0.331 e. The number of amides is 1. The van der Waals surface area contributed by atoms with Crippen molar-refractivity contribution in [2.45, 2.75) is 39.0 Å². The summed E-state index contributed by atoms with van der Waals surface area (Å²) in [5.41, 5.74) is 0.422. The van der Waals surface area contributed by atoms with Gasteiger partial charge in [0.15, 0.2) is 6.04 Å². The van der Waals surface area contributed by atoms with Gasteiger partial charge in [-0.2, -0.15) is 0 Å². The molecule has 1 rings (SSSR count). The Morgan fingerprint density at radius 1 is 1.16 bits per heavy atom. The van der Waals surface area contributed by atoms with Gasteiger partial charge in [-0.25, -0.2) is 4.79 Å². The van der Waals surface area contributed by atoms with Crippen molar-refractivity contribution in [3.8, 4) is 0 Å². The predicted octanol–water partition coefficient (Wildman–Crippen LogP) is 1.12. The molecule has 5 heteroatoms. The monoisotopic (exact) mass is 265 g/mol. The summed E-state index contributed by atoms with van der Waals surface area (Å²) in [6.07, 6.45) is -1.33. The van der Waals surface area contributed by atoms with E-state index >= 15 is 0 Å². The van der Waals surface area contributed by atoms with Gasteiger partial charge in [0.05, 0.1) is 12.2 Å². The van der Waals surface area contributed by atoms with Crippen molar-refractivity contribution in [3.63, 3.8) is 0 Å². The lowest BCUT2D eigenvalue weighted by Crippen LogP contribution is -2.49. The number of nitrogens with one attached hydrogen (secondary N) is 1. The van der Waals surface area contributed by atoms with E-state index in [4.69, 9.17) is 4.74 Å². The number of aliphatic hydroxyl groups excluding tert-OH is 1. The molecule has 0 spiro atoms. The molecule has 0 aliphatic carbocycles. The van der Waals surface area contributed by atoms with Crippen molar-refractivity contribution in [2.75, 3.05) is 0 Å². The molecule has 2 N–H and O–H groups in total. The van der Waals surface area contributed by atoms with Crippen LogP contribution in [0.25, 0.3) is 0 Å². The Hall–Kier alpha value is -1.88. The van der Waals surface area contributed by atoms with Crippen molar-refractivity contribution < 1.29 is 19.4 Å². The maximum atomic E-state index is 11.9. The van der Waals surface area contributed by atoms with Crippen LogP contribution in [0.4, 0.5) is 0 Å². The fraction of sp³-hybridized carbons (Fsp3) is 0.429. The molecule has 19 heavy (non-hydrogen) atoms. The molecule has 0 saturated carbocycles. The standard InChI is InChI=1S/C14H19NO4/c1-9(2)19-14(18)12(10(3)16)15-13(17)11-7-5-4-6-8-11/h4-10,12,16H,1-3H3,(H,15,17). The maximum absolute atomic E-state index is 11.9. The second-order valence-electron chi connectivity index (χ2n) is 4.54. The van der Waals surface area contributed by atoms with E-state index in [1.807, 2.05) is 0 Å². The molecular weight excluding hydrogens is 246 g/mol. The third-order valence-electron chi connectivity index (χ3n) is 2.41. The number of rotatable bonds is 5. The molecule has 1 aromatic rings. The Morgan fingerprint density at radius 3 is 2.21 bits per heavy atom. The van der Waals surface area contributed by atoms with Gasteiger partial charge >= 0.3 is 5.97 Å². The number of benzene rings is 1. The van der Waals surface area contributed by atoms with Crippen LogP contribution in [-0.2, 0) is 9.53 Å². The number of hydrogen-bond acceptors (Lipinski definition) is 4. The summed E-state index contributed by atoms with van der Waals surface area (Å²) in [6, 6.07) is 7.41. The van der Waals surface area contributed by atoms with Crippen molar-refractivity contribution in [3.05, 3.63) is 35.9 Å². The highest BCUT2D eigenvalue weighted by molar-refractivity contribution is 5.96. The zero-order valence-corrected chi connectivity index (χ0v) is 11.3. The summed E-state index contributed by atoms with van der Waals surface area (Å²) in [5, 5.41) is 12.1. The highest BCUT2D eigenvalue weighted by atomic mass is 16.5. The molecule has 1 amide bonds. The number of aliphatic hydroxyl groups is 1. The van der Waals surface area contributed by atoms with Gasteiger partial charge in [0.1, 0.15) is 0 Å². The molecule has 2 atom stereocenters. The summed E-state index contributed by atoms with van der Waals surface area (Å²) in [4.78, 5) is 23.7. The van der Waals surface area contributed by atoms with E-state index in [1.54, 1.807) is 44.2 Å². The third-order valence-corrected chi connectivity index (χ3v) is 2.41. The summed E-state index contributed by atoms with van der Waals surface area (Å²) in [5.74, 6) is -1.07. The van der Waals surface area contributed by atoms with Crippen molar-refractivity contribution in [1.82, 2.24) is 5.32 Å². The molecule has 0 fully saturated rings. The fourth-order valence-electron chi connectivity index (χ4n) is 1.50. The van der Waals surface area contributed by atoms with Crippen molar-refractivity contribution >= 4 is 11.9 Å². The van der Waals surface area contributed by atoms with Crippen LogP contribution in [0.2, 0.25) is 0 Å². The van der Waals surface area contributed by atoms with Crippen LogP contribution >= 0.6 is 0 Å². The predicted molar refractivity (Wildman–Crippen MR) is 70.6 cm³/mol. The molecule has 2 unspecified atom stereocenters. The van der Waals surface area contributed by atoms with Gasteiger partial charge in [-0.15, -0.1) is 0 Å². The molecule has 104 valence electrons. The molecule has 0 radical (unpaired) electrons. The molecule has 0 bridgehead atoms. The van der Waals surface area contributed by atoms with Gasteiger partial charge < -0.3 is 15.2 Å². The average Bonchev–Trinajstić information content (AvgIpc) is 2.35. The molecule has 0 aliphatic rings. The summed E-state index contributed by atoms with van der Waals surface area (Å²) in [7, 11) is 0. The highest BCUT2D eigenvalue weighted by Crippen LogP contribution is 2.03. The number of carbonyl (C=O) groups excluding carboxylic acids is 2. The Bertz CT molecular complexity index is 428. The summed E-state index contributed by atoms with van der Waals surface area (Å²) >= 11 is 0. The van der Waals surface area contributed by atoms with Crippen molar-refractivity contribution in [2.24, 2.45) is 0 Å². The van der Waals surface area contributed by atoms with E-state index in [0.29, 0.717) is 5.56 Å². The van der Waals surface area contributed by atoms with E-state index in [9.17, 15) is 14.7 Å². The normalized spacial score (nSPS) is 13.7. The number of carbonyl (C=O) groups is 2. The van der Waals surface area contributed by atoms with Crippen LogP contribution in [0, 0.1) is 0 Å². The van der Waals surface area contributed by atoms with Gasteiger partial charge in [-0.1, -0.05) is 18.2 Å². The lowest BCUT2D eigenvalue weighted by molar-refractivity contribution is -0.152. The second kappa shape index (κ2) is 6.89. The summed E-state index contributed by atoms with van der Waals surface area (Å²) < 4.78 is 5.00. The number of hydrogen-bond donors (Lipinski definition) is 2. The molecule has 1 aromatic carbocycles. The third kappa shape index (κ3) is 4.71. The smallest absolute Gasteiger partial charge is 0.331 e. The molecule has 5 nitrogen and oxygen atoms in total. The zero-order valence-electron chi connectivity index (χ0n) is 11.3.